The third-order valence-corrected chi connectivity index (χ3v) is 2.32. The van der Waals surface area contributed by atoms with Crippen molar-refractivity contribution in [3.63, 3.8) is 0 Å². The summed E-state index contributed by atoms with van der Waals surface area (Å²) in [6.45, 7) is 1.05. The van der Waals surface area contributed by atoms with E-state index < -0.39 is 18.9 Å². The monoisotopic (exact) mass is 243 g/mol. The maximum absolute atomic E-state index is 12.3. The van der Waals surface area contributed by atoms with Gasteiger partial charge in [0.05, 0.1) is 19.4 Å². The highest BCUT2D eigenvalue weighted by atomic mass is 19.3. The molecule has 0 aromatic heterocycles. The number of halogens is 2. The fourth-order valence-electron chi connectivity index (χ4n) is 1.56. The van der Waals surface area contributed by atoms with Gasteiger partial charge in [-0.1, -0.05) is 5.92 Å². The van der Waals surface area contributed by atoms with Gasteiger partial charge in [0.1, 0.15) is 6.10 Å². The third-order valence-electron chi connectivity index (χ3n) is 2.32. The average molecular weight is 243 g/mol. The molecule has 0 N–H and O–H groups in total. The van der Waals surface area contributed by atoms with E-state index in [1.807, 2.05) is 6.08 Å². The summed E-state index contributed by atoms with van der Waals surface area (Å²) in [4.78, 5) is 12.5. The molecule has 94 valence electrons. The fraction of sp³-hybridized carbons (Fsp3) is 0.583. The van der Waals surface area contributed by atoms with E-state index in [-0.39, 0.29) is 12.6 Å². The van der Waals surface area contributed by atoms with Crippen molar-refractivity contribution in [2.24, 2.45) is 0 Å². The van der Waals surface area contributed by atoms with Gasteiger partial charge < -0.3 is 9.64 Å². The summed E-state index contributed by atoms with van der Waals surface area (Å²) in [5, 5.41) is 0. The number of hydrogen-bond donors (Lipinski definition) is 0. The van der Waals surface area contributed by atoms with E-state index in [9.17, 15) is 13.6 Å². The molecule has 1 aliphatic heterocycles. The van der Waals surface area contributed by atoms with Crippen LogP contribution in [0.1, 0.15) is 19.8 Å². The molecule has 17 heavy (non-hydrogen) atoms. The van der Waals surface area contributed by atoms with Crippen LogP contribution < -0.4 is 0 Å². The molecule has 1 heterocycles. The van der Waals surface area contributed by atoms with Crippen molar-refractivity contribution in [2.45, 2.75) is 32.3 Å². The molecule has 0 spiro atoms. The lowest BCUT2D eigenvalue weighted by Gasteiger charge is -2.26. The normalized spacial score (nSPS) is 18.2. The summed E-state index contributed by atoms with van der Waals surface area (Å²) in [5.74, 6) is 4.11. The maximum Gasteiger partial charge on any atom is 0.298 e. The Morgan fingerprint density at radius 2 is 2.41 bits per heavy atom. The van der Waals surface area contributed by atoms with E-state index in [1.165, 1.54) is 6.92 Å². The first kappa shape index (κ1) is 13.5. The van der Waals surface area contributed by atoms with Gasteiger partial charge in [-0.05, 0) is 31.8 Å². The zero-order valence-electron chi connectivity index (χ0n) is 9.66. The topological polar surface area (TPSA) is 29.5 Å². The molecule has 0 saturated heterocycles. The van der Waals surface area contributed by atoms with Crippen molar-refractivity contribution in [2.75, 3.05) is 13.1 Å². The lowest BCUT2D eigenvalue weighted by Crippen LogP contribution is -2.40. The number of carbonyl (C=O) groups excluding carboxylic acids is 1. The molecule has 1 atom stereocenters. The zero-order valence-corrected chi connectivity index (χ0v) is 9.66. The van der Waals surface area contributed by atoms with Crippen molar-refractivity contribution >= 4 is 5.91 Å². The standard InChI is InChI=1S/C12H15F2NO2/c1-2-5-12(16)15(9-11(13)14)8-10-6-3-4-7-17-10/h4,7,10-11H,3,6,8-9H2,1H3. The Morgan fingerprint density at radius 3 is 2.94 bits per heavy atom. The number of amides is 1. The number of alkyl halides is 2. The third kappa shape index (κ3) is 4.85. The van der Waals surface area contributed by atoms with E-state index in [4.69, 9.17) is 4.74 Å². The summed E-state index contributed by atoms with van der Waals surface area (Å²) in [6, 6.07) is 0. The number of nitrogens with zero attached hydrogens (tertiary/aromatic N) is 1. The largest absolute Gasteiger partial charge is 0.497 e. The quantitative estimate of drug-likeness (QED) is 0.705. The van der Waals surface area contributed by atoms with Crippen molar-refractivity contribution in [1.82, 2.24) is 4.90 Å². The highest BCUT2D eigenvalue weighted by Crippen LogP contribution is 2.12. The molecule has 0 bridgehead atoms. The summed E-state index contributed by atoms with van der Waals surface area (Å²) in [7, 11) is 0. The summed E-state index contributed by atoms with van der Waals surface area (Å²) >= 11 is 0. The average Bonchev–Trinajstić information content (AvgIpc) is 2.29. The molecule has 1 amide bonds. The molecule has 0 saturated carbocycles. The molecule has 1 unspecified atom stereocenters. The van der Waals surface area contributed by atoms with Crippen molar-refractivity contribution in [1.29, 1.82) is 0 Å². The number of rotatable bonds is 4. The van der Waals surface area contributed by atoms with E-state index in [1.54, 1.807) is 6.26 Å². The molecule has 3 nitrogen and oxygen atoms in total. The first-order valence-electron chi connectivity index (χ1n) is 5.43. The number of ether oxygens (including phenoxy) is 1. The molecule has 1 rings (SSSR count). The minimum absolute atomic E-state index is 0.155. The second kappa shape index (κ2) is 6.89. The van der Waals surface area contributed by atoms with Crippen LogP contribution in [0.4, 0.5) is 8.78 Å². The van der Waals surface area contributed by atoms with Crippen LogP contribution in [0.15, 0.2) is 12.3 Å². The Kier molecular flexibility index (Phi) is 5.47. The maximum atomic E-state index is 12.3. The van der Waals surface area contributed by atoms with Gasteiger partial charge in [0.25, 0.3) is 12.3 Å². The van der Waals surface area contributed by atoms with Crippen LogP contribution in [0.25, 0.3) is 0 Å². The van der Waals surface area contributed by atoms with Gasteiger partial charge in [0.15, 0.2) is 0 Å². The molecule has 0 fully saturated rings. The van der Waals surface area contributed by atoms with Crippen LogP contribution >= 0.6 is 0 Å². The van der Waals surface area contributed by atoms with Gasteiger partial charge in [-0.2, -0.15) is 0 Å². The Balaban J connectivity index is 2.58. The first-order chi connectivity index (χ1) is 8.13. The van der Waals surface area contributed by atoms with Gasteiger partial charge in [-0.3, -0.25) is 4.79 Å². The lowest BCUT2D eigenvalue weighted by molar-refractivity contribution is -0.128. The van der Waals surface area contributed by atoms with Crippen LogP contribution in [0.3, 0.4) is 0 Å². The lowest BCUT2D eigenvalue weighted by atomic mass is 10.1. The minimum Gasteiger partial charge on any atom is -0.497 e. The SMILES string of the molecule is CC#CC(=O)N(CC(F)F)CC1CCC=CO1. The smallest absolute Gasteiger partial charge is 0.298 e. The number of allylic oxidation sites excluding steroid dienone is 1. The van der Waals surface area contributed by atoms with Gasteiger partial charge in [0.2, 0.25) is 0 Å². The van der Waals surface area contributed by atoms with Gasteiger partial charge in [-0.15, -0.1) is 0 Å². The Morgan fingerprint density at radius 1 is 1.65 bits per heavy atom. The van der Waals surface area contributed by atoms with Crippen LogP contribution in [0.5, 0.6) is 0 Å². The van der Waals surface area contributed by atoms with Crippen LogP contribution in [-0.4, -0.2) is 36.4 Å². The molecule has 0 aromatic rings. The van der Waals surface area contributed by atoms with Gasteiger partial charge in [0, 0.05) is 0 Å². The first-order valence-corrected chi connectivity index (χ1v) is 5.43. The highest BCUT2D eigenvalue weighted by Gasteiger charge is 2.22. The Labute approximate surface area is 99.4 Å². The highest BCUT2D eigenvalue weighted by molar-refractivity contribution is 5.93. The molecule has 0 aromatic carbocycles. The van der Waals surface area contributed by atoms with Crippen molar-refractivity contribution in [3.8, 4) is 11.8 Å². The summed E-state index contributed by atoms with van der Waals surface area (Å²) in [6.07, 6.45) is 2.19. The molecule has 0 aliphatic carbocycles. The van der Waals surface area contributed by atoms with Crippen LogP contribution in [0, 0.1) is 11.8 Å². The molecule has 1 aliphatic rings. The van der Waals surface area contributed by atoms with Crippen LogP contribution in [0.2, 0.25) is 0 Å². The van der Waals surface area contributed by atoms with E-state index in [0.29, 0.717) is 0 Å². The summed E-state index contributed by atoms with van der Waals surface area (Å²) < 4.78 is 29.9. The molecule has 0 radical (unpaired) electrons. The number of carbonyl (C=O) groups is 1. The summed E-state index contributed by atoms with van der Waals surface area (Å²) in [5.41, 5.74) is 0. The van der Waals surface area contributed by atoms with Crippen molar-refractivity contribution in [3.05, 3.63) is 12.3 Å². The predicted molar refractivity (Wildman–Crippen MR) is 59.3 cm³/mol. The van der Waals surface area contributed by atoms with Crippen molar-refractivity contribution < 1.29 is 18.3 Å². The number of hydrogen-bond acceptors (Lipinski definition) is 2. The van der Waals surface area contributed by atoms with E-state index in [0.717, 1.165) is 17.7 Å². The van der Waals surface area contributed by atoms with E-state index in [2.05, 4.69) is 11.8 Å². The second-order valence-corrected chi connectivity index (χ2v) is 3.68. The molecular formula is C12H15F2NO2. The molecular weight excluding hydrogens is 228 g/mol. The predicted octanol–water partition coefficient (Wildman–Crippen LogP) is 1.80. The molecule has 5 heteroatoms. The van der Waals surface area contributed by atoms with E-state index >= 15 is 0 Å². The van der Waals surface area contributed by atoms with Gasteiger partial charge >= 0.3 is 0 Å². The Bertz CT molecular complexity index is 344. The fourth-order valence-corrected chi connectivity index (χ4v) is 1.56. The Hall–Kier alpha value is -1.57. The minimum atomic E-state index is -2.56. The van der Waals surface area contributed by atoms with Crippen LogP contribution in [-0.2, 0) is 9.53 Å². The zero-order chi connectivity index (χ0) is 12.7. The second-order valence-electron chi connectivity index (χ2n) is 3.68. The van der Waals surface area contributed by atoms with Gasteiger partial charge in [-0.25, -0.2) is 8.78 Å².